The van der Waals surface area contributed by atoms with Gasteiger partial charge in [-0.15, -0.1) is 0 Å². The second kappa shape index (κ2) is 9.27. The molecule has 5 nitrogen and oxygen atoms in total. The van der Waals surface area contributed by atoms with E-state index in [-0.39, 0.29) is 16.9 Å². The molecule has 0 saturated heterocycles. The van der Waals surface area contributed by atoms with E-state index in [2.05, 4.69) is 29.8 Å². The molecule has 3 rings (SSSR count). The van der Waals surface area contributed by atoms with Crippen molar-refractivity contribution in [2.45, 2.75) is 51.1 Å². The Kier molecular flexibility index (Phi) is 6.75. The van der Waals surface area contributed by atoms with Gasteiger partial charge in [-0.05, 0) is 50.5 Å². The molecule has 1 atom stereocenters. The fourth-order valence-electron chi connectivity index (χ4n) is 3.02. The third kappa shape index (κ3) is 5.26. The number of fused-ring (bicyclic) bond motifs is 1. The molecule has 2 aromatic carbocycles. The first-order chi connectivity index (χ1) is 13.8. The molecule has 1 amide bonds. The summed E-state index contributed by atoms with van der Waals surface area (Å²) in [5.74, 6) is 0.448. The van der Waals surface area contributed by atoms with Crippen LogP contribution >= 0.6 is 11.8 Å². The van der Waals surface area contributed by atoms with Crippen LogP contribution in [-0.2, 0) is 11.3 Å². The number of aryl methyl sites for hydroxylation is 1. The second-order valence-electron chi connectivity index (χ2n) is 7.60. The minimum Gasteiger partial charge on any atom is -0.325 e. The van der Waals surface area contributed by atoms with E-state index in [1.807, 2.05) is 25.1 Å². The van der Waals surface area contributed by atoms with Gasteiger partial charge in [0, 0.05) is 17.8 Å². The van der Waals surface area contributed by atoms with Crippen molar-refractivity contribution >= 4 is 40.2 Å². The number of nitrogens with one attached hydrogen (secondary N) is 1. The van der Waals surface area contributed by atoms with Crippen LogP contribution in [0.15, 0.2) is 53.7 Å². The molecule has 0 aliphatic carbocycles. The van der Waals surface area contributed by atoms with Crippen molar-refractivity contribution in [2.24, 2.45) is 5.92 Å². The number of carbonyl (C=O) groups is 2. The maximum Gasteiger partial charge on any atom is 0.237 e. The van der Waals surface area contributed by atoms with Crippen LogP contribution in [-0.4, -0.2) is 26.5 Å². The highest BCUT2D eigenvalue weighted by Crippen LogP contribution is 2.28. The fourth-order valence-corrected chi connectivity index (χ4v) is 3.97. The highest BCUT2D eigenvalue weighted by Gasteiger charge is 2.20. The molecule has 152 valence electrons. The van der Waals surface area contributed by atoms with Crippen LogP contribution in [0, 0.1) is 5.92 Å². The molecule has 1 N–H and O–H groups in total. The lowest BCUT2D eigenvalue weighted by molar-refractivity contribution is -0.115. The number of imidazole rings is 1. The first-order valence-electron chi connectivity index (χ1n) is 9.89. The molecule has 1 heterocycles. The van der Waals surface area contributed by atoms with Crippen molar-refractivity contribution < 1.29 is 9.59 Å². The van der Waals surface area contributed by atoms with Crippen molar-refractivity contribution in [1.29, 1.82) is 0 Å². The van der Waals surface area contributed by atoms with Gasteiger partial charge in [-0.2, -0.15) is 0 Å². The van der Waals surface area contributed by atoms with E-state index in [4.69, 9.17) is 4.98 Å². The van der Waals surface area contributed by atoms with Gasteiger partial charge in [-0.1, -0.05) is 49.9 Å². The van der Waals surface area contributed by atoms with E-state index in [0.717, 1.165) is 29.2 Å². The largest absolute Gasteiger partial charge is 0.325 e. The topological polar surface area (TPSA) is 64.0 Å². The number of anilines is 1. The van der Waals surface area contributed by atoms with Crippen LogP contribution in [0.25, 0.3) is 11.0 Å². The van der Waals surface area contributed by atoms with E-state index in [9.17, 15) is 9.59 Å². The van der Waals surface area contributed by atoms with E-state index in [1.54, 1.807) is 24.3 Å². The number of hydrogen-bond donors (Lipinski definition) is 1. The average molecular weight is 410 g/mol. The van der Waals surface area contributed by atoms with E-state index >= 15 is 0 Å². The number of Topliss-reactive ketones (excluding diaryl/α,β-unsaturated/α-hetero) is 1. The number of aromatic nitrogens is 2. The van der Waals surface area contributed by atoms with Crippen LogP contribution in [0.5, 0.6) is 0 Å². The third-order valence-electron chi connectivity index (χ3n) is 4.74. The Bertz CT molecular complexity index is 1030. The maximum atomic E-state index is 12.7. The van der Waals surface area contributed by atoms with E-state index in [1.165, 1.54) is 18.7 Å². The van der Waals surface area contributed by atoms with Crippen LogP contribution in [0.4, 0.5) is 5.69 Å². The highest BCUT2D eigenvalue weighted by atomic mass is 32.2. The summed E-state index contributed by atoms with van der Waals surface area (Å²) in [5.41, 5.74) is 3.25. The average Bonchev–Trinajstić information content (AvgIpc) is 3.03. The quantitative estimate of drug-likeness (QED) is 0.399. The monoisotopic (exact) mass is 409 g/mol. The molecule has 29 heavy (non-hydrogen) atoms. The molecule has 1 aromatic heterocycles. The molecule has 6 heteroatoms. The number of ketones is 1. The Morgan fingerprint density at radius 1 is 1.10 bits per heavy atom. The van der Waals surface area contributed by atoms with E-state index < -0.39 is 0 Å². The third-order valence-corrected chi connectivity index (χ3v) is 5.83. The normalized spacial score (nSPS) is 12.3. The standard InChI is InChI=1S/C23H27N3O2S/c1-15(2)12-13-26-21-11-6-5-10-20(21)25-23(26)29-17(4)22(28)24-19-9-7-8-18(14-19)16(3)27/h5-11,14-15,17H,12-13H2,1-4H3,(H,24,28)/t17-/m1/s1. The number of para-hydroxylation sites is 2. The molecule has 0 bridgehead atoms. The minimum atomic E-state index is -0.328. The van der Waals surface area contributed by atoms with Gasteiger partial charge in [-0.3, -0.25) is 9.59 Å². The summed E-state index contributed by atoms with van der Waals surface area (Å²) in [6, 6.07) is 15.1. The van der Waals surface area contributed by atoms with Gasteiger partial charge in [0.1, 0.15) is 0 Å². The molecule has 0 aliphatic rings. The lowest BCUT2D eigenvalue weighted by atomic mass is 10.1. The van der Waals surface area contributed by atoms with Crippen molar-refractivity contribution in [3.63, 3.8) is 0 Å². The first kappa shape index (κ1) is 21.1. The number of benzene rings is 2. The summed E-state index contributed by atoms with van der Waals surface area (Å²) < 4.78 is 2.21. The summed E-state index contributed by atoms with van der Waals surface area (Å²) in [5, 5.41) is 3.44. The number of hydrogen-bond acceptors (Lipinski definition) is 4. The number of amides is 1. The molecule has 3 aromatic rings. The lowest BCUT2D eigenvalue weighted by Gasteiger charge is -2.14. The van der Waals surface area contributed by atoms with Crippen LogP contribution in [0.3, 0.4) is 0 Å². The predicted molar refractivity (Wildman–Crippen MR) is 120 cm³/mol. The Morgan fingerprint density at radius 3 is 2.59 bits per heavy atom. The molecule has 0 fully saturated rings. The zero-order valence-corrected chi connectivity index (χ0v) is 18.1. The van der Waals surface area contributed by atoms with Crippen molar-refractivity contribution in [1.82, 2.24) is 9.55 Å². The van der Waals surface area contributed by atoms with Crippen LogP contribution < -0.4 is 5.32 Å². The Labute approximate surface area is 175 Å². The molecular formula is C23H27N3O2S. The summed E-state index contributed by atoms with van der Waals surface area (Å²) >= 11 is 1.46. The fraction of sp³-hybridized carbons (Fsp3) is 0.348. The molecule has 0 unspecified atom stereocenters. The van der Waals surface area contributed by atoms with Gasteiger partial charge in [0.25, 0.3) is 0 Å². The summed E-state index contributed by atoms with van der Waals surface area (Å²) in [4.78, 5) is 29.1. The van der Waals surface area contributed by atoms with Crippen LogP contribution in [0.2, 0.25) is 0 Å². The van der Waals surface area contributed by atoms with Gasteiger partial charge in [0.2, 0.25) is 5.91 Å². The summed E-state index contributed by atoms with van der Waals surface area (Å²) in [6.45, 7) is 8.67. The first-order valence-corrected chi connectivity index (χ1v) is 10.8. The summed E-state index contributed by atoms with van der Waals surface area (Å²) in [7, 11) is 0. The molecule has 0 spiro atoms. The zero-order chi connectivity index (χ0) is 21.0. The van der Waals surface area contributed by atoms with Gasteiger partial charge in [-0.25, -0.2) is 4.98 Å². The lowest BCUT2D eigenvalue weighted by Crippen LogP contribution is -2.23. The smallest absolute Gasteiger partial charge is 0.237 e. The second-order valence-corrected chi connectivity index (χ2v) is 8.91. The SMILES string of the molecule is CC(=O)c1cccc(NC(=O)[C@@H](C)Sc2nc3ccccc3n2CCC(C)C)c1. The molecule has 0 saturated carbocycles. The maximum absolute atomic E-state index is 12.7. The number of thioether (sulfide) groups is 1. The number of nitrogens with zero attached hydrogens (tertiary/aromatic N) is 2. The van der Waals surface area contributed by atoms with Crippen LogP contribution in [0.1, 0.15) is 44.5 Å². The van der Waals surface area contributed by atoms with Gasteiger partial charge in [0.15, 0.2) is 10.9 Å². The Balaban J connectivity index is 1.77. The number of carbonyl (C=O) groups excluding carboxylic acids is 2. The minimum absolute atomic E-state index is 0.0256. The van der Waals surface area contributed by atoms with Crippen molar-refractivity contribution in [3.8, 4) is 0 Å². The Morgan fingerprint density at radius 2 is 1.86 bits per heavy atom. The van der Waals surface area contributed by atoms with E-state index in [0.29, 0.717) is 17.2 Å². The predicted octanol–water partition coefficient (Wildman–Crippen LogP) is 5.40. The van der Waals surface area contributed by atoms with Gasteiger partial charge >= 0.3 is 0 Å². The van der Waals surface area contributed by atoms with Gasteiger partial charge < -0.3 is 9.88 Å². The van der Waals surface area contributed by atoms with Crippen molar-refractivity contribution in [3.05, 3.63) is 54.1 Å². The van der Waals surface area contributed by atoms with Gasteiger partial charge in [0.05, 0.1) is 16.3 Å². The highest BCUT2D eigenvalue weighted by molar-refractivity contribution is 8.00. The Hall–Kier alpha value is -2.60. The summed E-state index contributed by atoms with van der Waals surface area (Å²) in [6.07, 6.45) is 1.05. The molecule has 0 radical (unpaired) electrons. The van der Waals surface area contributed by atoms with Crippen molar-refractivity contribution in [2.75, 3.05) is 5.32 Å². The number of rotatable bonds is 8. The zero-order valence-electron chi connectivity index (χ0n) is 17.3. The molecule has 0 aliphatic heterocycles. The molecular weight excluding hydrogens is 382 g/mol.